The van der Waals surface area contributed by atoms with Crippen molar-refractivity contribution in [2.24, 2.45) is 0 Å². The lowest BCUT2D eigenvalue weighted by atomic mass is 9.91. The first-order valence-corrected chi connectivity index (χ1v) is 20.5. The highest BCUT2D eigenvalue weighted by Gasteiger charge is 2.24. The Balaban J connectivity index is 1.12. The van der Waals surface area contributed by atoms with Gasteiger partial charge in [0, 0.05) is 54.6 Å². The van der Waals surface area contributed by atoms with E-state index in [1.54, 1.807) is 0 Å². The Bertz CT molecular complexity index is 4030. The van der Waals surface area contributed by atoms with Crippen molar-refractivity contribution in [3.63, 3.8) is 0 Å². The van der Waals surface area contributed by atoms with Gasteiger partial charge in [-0.3, -0.25) is 0 Å². The molecule has 0 amide bonds. The van der Waals surface area contributed by atoms with Crippen LogP contribution in [-0.2, 0) is 0 Å². The summed E-state index contributed by atoms with van der Waals surface area (Å²) in [5.41, 5.74) is 12.3. The first kappa shape index (κ1) is 31.9. The third-order valence-electron chi connectivity index (χ3n) is 12.9. The van der Waals surface area contributed by atoms with Crippen molar-refractivity contribution in [1.82, 2.24) is 9.13 Å². The molecular weight excluding hydrogens is 733 g/mol. The molecule has 0 fully saturated rings. The number of rotatable bonds is 3. The molecule has 4 aromatic heterocycles. The van der Waals surface area contributed by atoms with Crippen LogP contribution in [-0.4, -0.2) is 9.13 Å². The minimum atomic E-state index is 0.819. The van der Waals surface area contributed by atoms with Crippen LogP contribution in [0.4, 0.5) is 0 Å². The Morgan fingerprint density at radius 2 is 0.733 bits per heavy atom. The highest BCUT2D eigenvalue weighted by molar-refractivity contribution is 6.27. The summed E-state index contributed by atoms with van der Waals surface area (Å²) in [6, 6.07) is 70.0. The predicted octanol–water partition coefficient (Wildman–Crippen LogP) is 15.7. The maximum absolute atomic E-state index is 7.06. The number of fused-ring (bicyclic) bond motifs is 16. The Morgan fingerprint density at radius 1 is 0.283 bits per heavy atom. The fourth-order valence-corrected chi connectivity index (χ4v) is 10.3. The van der Waals surface area contributed by atoms with Crippen molar-refractivity contribution in [2.75, 3.05) is 0 Å². The van der Waals surface area contributed by atoms with Crippen molar-refractivity contribution in [1.29, 1.82) is 0 Å². The van der Waals surface area contributed by atoms with E-state index in [2.05, 4.69) is 203 Å². The Morgan fingerprint density at radius 3 is 1.32 bits per heavy atom. The number of furan rings is 2. The van der Waals surface area contributed by atoms with Gasteiger partial charge in [0.05, 0.1) is 27.5 Å². The van der Waals surface area contributed by atoms with Gasteiger partial charge in [0.25, 0.3) is 0 Å². The van der Waals surface area contributed by atoms with Crippen LogP contribution in [0.5, 0.6) is 0 Å². The Labute approximate surface area is 342 Å². The van der Waals surface area contributed by atoms with Gasteiger partial charge in [0.2, 0.25) is 0 Å². The zero-order chi connectivity index (χ0) is 39.1. The summed E-state index contributed by atoms with van der Waals surface area (Å²) >= 11 is 0. The van der Waals surface area contributed by atoms with E-state index >= 15 is 0 Å². The molecule has 0 radical (unpaired) electrons. The van der Waals surface area contributed by atoms with E-state index < -0.39 is 0 Å². The molecule has 14 rings (SSSR count). The van der Waals surface area contributed by atoms with E-state index in [0.717, 1.165) is 66.4 Å². The molecule has 4 heterocycles. The van der Waals surface area contributed by atoms with Crippen molar-refractivity contribution < 1.29 is 8.83 Å². The SMILES string of the molecule is c1ccc2c(c1)cc(-c1cc3c4cc(-n5c6ccccc6c6ccccc65)ccc4oc3c3c1oc1ccc(-n4c5ccccc5c5ccccc54)cc13)c1ccccc12. The lowest BCUT2D eigenvalue weighted by Crippen LogP contribution is -1.93. The lowest BCUT2D eigenvalue weighted by molar-refractivity contribution is 0.663. The maximum Gasteiger partial charge on any atom is 0.147 e. The van der Waals surface area contributed by atoms with Crippen molar-refractivity contribution >= 4 is 109 Å². The largest absolute Gasteiger partial charge is 0.455 e. The molecule has 0 unspecified atom stereocenters. The summed E-state index contributed by atoms with van der Waals surface area (Å²) in [6.07, 6.45) is 0. The fraction of sp³-hybridized carbons (Fsp3) is 0. The van der Waals surface area contributed by atoms with Crippen molar-refractivity contribution in [3.05, 3.63) is 194 Å². The zero-order valence-electron chi connectivity index (χ0n) is 32.2. The minimum absolute atomic E-state index is 0.819. The molecule has 278 valence electrons. The second kappa shape index (κ2) is 11.8. The molecule has 10 aromatic carbocycles. The van der Waals surface area contributed by atoms with Gasteiger partial charge in [0.15, 0.2) is 0 Å². The monoisotopic (exact) mass is 764 g/mol. The van der Waals surface area contributed by atoms with E-state index in [4.69, 9.17) is 8.83 Å². The molecule has 4 nitrogen and oxygen atoms in total. The van der Waals surface area contributed by atoms with Crippen LogP contribution in [0, 0.1) is 0 Å². The van der Waals surface area contributed by atoms with Gasteiger partial charge < -0.3 is 18.0 Å². The summed E-state index contributed by atoms with van der Waals surface area (Å²) < 4.78 is 18.8. The lowest BCUT2D eigenvalue weighted by Gasteiger charge is -2.12. The molecule has 0 bridgehead atoms. The highest BCUT2D eigenvalue weighted by Crippen LogP contribution is 2.48. The molecule has 0 aliphatic carbocycles. The average molecular weight is 765 g/mol. The van der Waals surface area contributed by atoms with Gasteiger partial charge in [-0.05, 0) is 99.9 Å². The second-order valence-electron chi connectivity index (χ2n) is 16.0. The summed E-state index contributed by atoms with van der Waals surface area (Å²) in [6.45, 7) is 0. The highest BCUT2D eigenvalue weighted by atomic mass is 16.3. The molecule has 0 saturated carbocycles. The second-order valence-corrected chi connectivity index (χ2v) is 16.0. The zero-order valence-corrected chi connectivity index (χ0v) is 32.2. The van der Waals surface area contributed by atoms with Crippen LogP contribution in [0.3, 0.4) is 0 Å². The van der Waals surface area contributed by atoms with E-state index in [9.17, 15) is 0 Å². The van der Waals surface area contributed by atoms with Crippen LogP contribution in [0.15, 0.2) is 203 Å². The van der Waals surface area contributed by atoms with Crippen LogP contribution in [0.25, 0.3) is 132 Å². The van der Waals surface area contributed by atoms with E-state index in [0.29, 0.717) is 0 Å². The Hall–Kier alpha value is -8.08. The molecule has 0 N–H and O–H groups in total. The smallest absolute Gasteiger partial charge is 0.147 e. The Kier molecular flexibility index (Phi) is 6.26. The molecule has 0 aliphatic heterocycles. The van der Waals surface area contributed by atoms with Gasteiger partial charge in [-0.2, -0.15) is 0 Å². The van der Waals surface area contributed by atoms with Gasteiger partial charge in [-0.15, -0.1) is 0 Å². The maximum atomic E-state index is 7.06. The number of para-hydroxylation sites is 4. The minimum Gasteiger partial charge on any atom is -0.455 e. The molecule has 60 heavy (non-hydrogen) atoms. The number of benzene rings is 10. The number of hydrogen-bond donors (Lipinski definition) is 0. The summed E-state index contributed by atoms with van der Waals surface area (Å²) in [5.74, 6) is 0. The number of nitrogens with zero attached hydrogens (tertiary/aromatic N) is 2. The first-order valence-electron chi connectivity index (χ1n) is 20.5. The molecule has 14 aromatic rings. The van der Waals surface area contributed by atoms with E-state index in [-0.39, 0.29) is 0 Å². The summed E-state index contributed by atoms with van der Waals surface area (Å²) in [4.78, 5) is 0. The first-order chi connectivity index (χ1) is 29.8. The van der Waals surface area contributed by atoms with Crippen LogP contribution < -0.4 is 0 Å². The topological polar surface area (TPSA) is 36.1 Å². The summed E-state index contributed by atoms with van der Waals surface area (Å²) in [7, 11) is 0. The van der Waals surface area contributed by atoms with E-state index in [1.165, 1.54) is 65.2 Å². The molecular formula is C56H32N2O2. The van der Waals surface area contributed by atoms with Gasteiger partial charge in [-0.25, -0.2) is 0 Å². The van der Waals surface area contributed by atoms with Gasteiger partial charge >= 0.3 is 0 Å². The third-order valence-corrected chi connectivity index (χ3v) is 12.9. The molecule has 4 heteroatoms. The average Bonchev–Trinajstić information content (AvgIpc) is 4.06. The molecule has 0 spiro atoms. The molecule has 0 aliphatic rings. The van der Waals surface area contributed by atoms with Gasteiger partial charge in [0.1, 0.15) is 22.3 Å². The molecule has 0 atom stereocenters. The van der Waals surface area contributed by atoms with Crippen molar-refractivity contribution in [3.8, 4) is 22.5 Å². The van der Waals surface area contributed by atoms with Crippen LogP contribution >= 0.6 is 0 Å². The quantitative estimate of drug-likeness (QED) is 0.168. The van der Waals surface area contributed by atoms with Crippen LogP contribution in [0.1, 0.15) is 0 Å². The third kappa shape index (κ3) is 4.24. The summed E-state index contributed by atoms with van der Waals surface area (Å²) in [5, 5.41) is 13.9. The number of aromatic nitrogens is 2. The van der Waals surface area contributed by atoms with E-state index in [1.807, 2.05) is 0 Å². The number of hydrogen-bond acceptors (Lipinski definition) is 2. The van der Waals surface area contributed by atoms with Gasteiger partial charge in [-0.1, -0.05) is 121 Å². The normalized spacial score (nSPS) is 12.3. The fourth-order valence-electron chi connectivity index (χ4n) is 10.3. The van der Waals surface area contributed by atoms with Crippen molar-refractivity contribution in [2.45, 2.75) is 0 Å². The molecule has 0 saturated heterocycles. The van der Waals surface area contributed by atoms with Crippen LogP contribution in [0.2, 0.25) is 0 Å². The predicted molar refractivity (Wildman–Crippen MR) is 250 cm³/mol. The standard InChI is InChI=1S/C56H32N2O2/c1-2-14-36-33(13-1)29-43(38-16-4-3-15-37(36)38)45-32-46-44-30-34(57-48-21-9-5-17-39(48)40-18-6-10-22-49(40)57)25-27-52(44)59-56(46)54-47-31-35(26-28-53(47)60-55(45)54)58-50-23-11-7-19-41(50)42-20-8-12-24-51(42)58/h1-32H.